The molecule has 1 aliphatic heterocycles. The molecule has 1 saturated heterocycles. The second-order valence-corrected chi connectivity index (χ2v) is 6.65. The summed E-state index contributed by atoms with van der Waals surface area (Å²) in [5, 5.41) is 0.757. The maximum Gasteiger partial charge on any atom is 0.254 e. The fourth-order valence-electron chi connectivity index (χ4n) is 3.52. The third kappa shape index (κ3) is 3.13. The maximum absolute atomic E-state index is 13.2. The van der Waals surface area contributed by atoms with Crippen LogP contribution in [0, 0.1) is 0 Å². The minimum atomic E-state index is -0.270. The number of rotatable bonds is 2. The number of carbonyl (C=O) groups is 1. The summed E-state index contributed by atoms with van der Waals surface area (Å²) >= 11 is 0. The summed E-state index contributed by atoms with van der Waals surface area (Å²) < 4.78 is 6.04. The first-order chi connectivity index (χ1) is 12.6. The number of ether oxygens (including phenoxy) is 1. The quantitative estimate of drug-likeness (QED) is 0.774. The molecule has 1 fully saturated rings. The number of aromatic nitrogens is 1. The van der Waals surface area contributed by atoms with E-state index in [1.54, 1.807) is 4.90 Å². The number of benzene rings is 2. The molecule has 0 saturated carbocycles. The van der Waals surface area contributed by atoms with E-state index in [1.165, 1.54) is 6.07 Å². The molecule has 0 bridgehead atoms. The van der Waals surface area contributed by atoms with E-state index in [-0.39, 0.29) is 23.7 Å². The molecular weight excluding hydrogens is 328 g/mol. The normalized spacial score (nSPS) is 20.3. The van der Waals surface area contributed by atoms with Gasteiger partial charge in [-0.1, -0.05) is 48.5 Å². The summed E-state index contributed by atoms with van der Waals surface area (Å²) in [5.74, 6) is -0.136. The molecule has 0 spiro atoms. The van der Waals surface area contributed by atoms with Crippen molar-refractivity contribution in [3.05, 3.63) is 82.1 Å². The van der Waals surface area contributed by atoms with Gasteiger partial charge in [0.1, 0.15) is 6.10 Å². The Balaban J connectivity index is 1.69. The van der Waals surface area contributed by atoms with E-state index in [4.69, 9.17) is 4.74 Å². The molecule has 1 N–H and O–H groups in total. The SMILES string of the molecule is C[C@@H]1CN(C(=O)c2cc(=O)[nH]c3ccccc23)C[C@@H](c2ccccc2)O1. The summed E-state index contributed by atoms with van der Waals surface area (Å²) in [6.07, 6.45) is -0.247. The molecule has 5 heteroatoms. The first-order valence-electron chi connectivity index (χ1n) is 8.73. The zero-order valence-electron chi connectivity index (χ0n) is 14.5. The lowest BCUT2D eigenvalue weighted by Gasteiger charge is -2.37. The van der Waals surface area contributed by atoms with Gasteiger partial charge in [0.2, 0.25) is 5.56 Å². The van der Waals surface area contributed by atoms with Crippen molar-refractivity contribution in [1.29, 1.82) is 0 Å². The van der Waals surface area contributed by atoms with Gasteiger partial charge in [-0.3, -0.25) is 9.59 Å². The number of H-pyrrole nitrogens is 1. The molecule has 2 aromatic carbocycles. The van der Waals surface area contributed by atoms with Crippen LogP contribution in [0.4, 0.5) is 0 Å². The molecule has 1 aliphatic rings. The van der Waals surface area contributed by atoms with Gasteiger partial charge in [-0.2, -0.15) is 0 Å². The Morgan fingerprint density at radius 3 is 2.62 bits per heavy atom. The Bertz CT molecular complexity index is 997. The Morgan fingerprint density at radius 1 is 1.08 bits per heavy atom. The van der Waals surface area contributed by atoms with Crippen LogP contribution in [0.2, 0.25) is 0 Å². The van der Waals surface area contributed by atoms with Crippen LogP contribution >= 0.6 is 0 Å². The predicted molar refractivity (Wildman–Crippen MR) is 100 cm³/mol. The predicted octanol–water partition coefficient (Wildman–Crippen LogP) is 3.13. The molecule has 0 aliphatic carbocycles. The fourth-order valence-corrected chi connectivity index (χ4v) is 3.52. The van der Waals surface area contributed by atoms with Crippen molar-refractivity contribution >= 4 is 16.8 Å². The van der Waals surface area contributed by atoms with Gasteiger partial charge in [0.25, 0.3) is 5.91 Å². The van der Waals surface area contributed by atoms with E-state index < -0.39 is 0 Å². The molecule has 0 radical (unpaired) electrons. The lowest BCUT2D eigenvalue weighted by Crippen LogP contribution is -2.46. The molecule has 0 unspecified atom stereocenters. The average molecular weight is 348 g/mol. The zero-order valence-corrected chi connectivity index (χ0v) is 14.5. The highest BCUT2D eigenvalue weighted by atomic mass is 16.5. The molecule has 1 amide bonds. The third-order valence-corrected chi connectivity index (χ3v) is 4.70. The van der Waals surface area contributed by atoms with Crippen molar-refractivity contribution in [3.63, 3.8) is 0 Å². The largest absolute Gasteiger partial charge is 0.367 e. The zero-order chi connectivity index (χ0) is 18.1. The average Bonchev–Trinajstić information content (AvgIpc) is 2.67. The van der Waals surface area contributed by atoms with Gasteiger partial charge in [0.15, 0.2) is 0 Å². The Morgan fingerprint density at radius 2 is 1.81 bits per heavy atom. The van der Waals surface area contributed by atoms with Crippen LogP contribution < -0.4 is 5.56 Å². The maximum atomic E-state index is 13.2. The van der Waals surface area contributed by atoms with E-state index in [0.717, 1.165) is 10.9 Å². The number of carbonyl (C=O) groups excluding carboxylic acids is 1. The van der Waals surface area contributed by atoms with Crippen LogP contribution in [0.15, 0.2) is 65.5 Å². The lowest BCUT2D eigenvalue weighted by atomic mass is 10.0. The minimum absolute atomic E-state index is 0.0776. The highest BCUT2D eigenvalue weighted by Crippen LogP contribution is 2.27. The van der Waals surface area contributed by atoms with Crippen molar-refractivity contribution in [2.24, 2.45) is 0 Å². The van der Waals surface area contributed by atoms with Crippen LogP contribution in [0.25, 0.3) is 10.9 Å². The molecule has 5 nitrogen and oxygen atoms in total. The number of fused-ring (bicyclic) bond motifs is 1. The van der Waals surface area contributed by atoms with Crippen molar-refractivity contribution in [1.82, 2.24) is 9.88 Å². The van der Waals surface area contributed by atoms with Crippen LogP contribution in [0.1, 0.15) is 28.9 Å². The van der Waals surface area contributed by atoms with E-state index in [0.29, 0.717) is 24.2 Å². The summed E-state index contributed by atoms with van der Waals surface area (Å²) in [7, 11) is 0. The monoisotopic (exact) mass is 348 g/mol. The molecular formula is C21H20N2O3. The molecule has 26 heavy (non-hydrogen) atoms. The number of hydrogen-bond donors (Lipinski definition) is 1. The third-order valence-electron chi connectivity index (χ3n) is 4.70. The van der Waals surface area contributed by atoms with Crippen molar-refractivity contribution in [2.75, 3.05) is 13.1 Å². The number of nitrogens with one attached hydrogen (secondary N) is 1. The van der Waals surface area contributed by atoms with Gasteiger partial charge in [0, 0.05) is 23.5 Å². The fraction of sp³-hybridized carbons (Fsp3) is 0.238. The molecule has 132 valence electrons. The number of amides is 1. The van der Waals surface area contributed by atoms with E-state index in [1.807, 2.05) is 61.5 Å². The molecule has 1 aromatic heterocycles. The van der Waals surface area contributed by atoms with Gasteiger partial charge in [-0.25, -0.2) is 0 Å². The highest BCUT2D eigenvalue weighted by Gasteiger charge is 2.30. The van der Waals surface area contributed by atoms with Gasteiger partial charge in [-0.05, 0) is 18.6 Å². The number of para-hydroxylation sites is 1. The minimum Gasteiger partial charge on any atom is -0.367 e. The van der Waals surface area contributed by atoms with Crippen molar-refractivity contribution in [2.45, 2.75) is 19.1 Å². The van der Waals surface area contributed by atoms with E-state index in [2.05, 4.69) is 4.98 Å². The first kappa shape index (κ1) is 16.5. The van der Waals surface area contributed by atoms with E-state index >= 15 is 0 Å². The number of nitrogens with zero attached hydrogens (tertiary/aromatic N) is 1. The highest BCUT2D eigenvalue weighted by molar-refractivity contribution is 6.06. The van der Waals surface area contributed by atoms with Gasteiger partial charge < -0.3 is 14.6 Å². The first-order valence-corrected chi connectivity index (χ1v) is 8.73. The molecule has 2 heterocycles. The summed E-state index contributed by atoms with van der Waals surface area (Å²) in [5.41, 5.74) is 1.88. The van der Waals surface area contributed by atoms with Gasteiger partial charge in [0.05, 0.1) is 18.2 Å². The smallest absolute Gasteiger partial charge is 0.254 e. The van der Waals surface area contributed by atoms with Crippen molar-refractivity contribution in [3.8, 4) is 0 Å². The Labute approximate surface area is 151 Å². The lowest BCUT2D eigenvalue weighted by molar-refractivity contribution is -0.0691. The molecule has 3 aromatic rings. The molecule has 4 rings (SSSR count). The van der Waals surface area contributed by atoms with Gasteiger partial charge in [-0.15, -0.1) is 0 Å². The summed E-state index contributed by atoms with van der Waals surface area (Å²) in [6, 6.07) is 18.7. The standard InChI is InChI=1S/C21H20N2O3/c1-14-12-23(13-19(26-14)15-7-3-2-4-8-15)21(25)17-11-20(24)22-18-10-6-5-9-16(17)18/h2-11,14,19H,12-13H2,1H3,(H,22,24)/t14-,19+/m1/s1. The van der Waals surface area contributed by atoms with Crippen molar-refractivity contribution < 1.29 is 9.53 Å². The summed E-state index contributed by atoms with van der Waals surface area (Å²) in [4.78, 5) is 29.8. The number of aromatic amines is 1. The van der Waals surface area contributed by atoms with E-state index in [9.17, 15) is 9.59 Å². The topological polar surface area (TPSA) is 62.4 Å². The number of hydrogen-bond acceptors (Lipinski definition) is 3. The van der Waals surface area contributed by atoms with Crippen LogP contribution in [-0.2, 0) is 4.74 Å². The Hall–Kier alpha value is -2.92. The van der Waals surface area contributed by atoms with Gasteiger partial charge >= 0.3 is 0 Å². The second-order valence-electron chi connectivity index (χ2n) is 6.65. The number of pyridine rings is 1. The molecule has 2 atom stereocenters. The van der Waals surface area contributed by atoms with Crippen LogP contribution in [-0.4, -0.2) is 35.0 Å². The second kappa shape index (κ2) is 6.77. The number of morpholine rings is 1. The van der Waals surface area contributed by atoms with Crippen LogP contribution in [0.5, 0.6) is 0 Å². The van der Waals surface area contributed by atoms with Crippen LogP contribution in [0.3, 0.4) is 0 Å². The summed E-state index contributed by atoms with van der Waals surface area (Å²) in [6.45, 7) is 2.93. The Kier molecular flexibility index (Phi) is 4.31.